The second kappa shape index (κ2) is 13.9. The zero-order valence-electron chi connectivity index (χ0n) is 26.8. The topological polar surface area (TPSA) is 163 Å². The first-order valence-electron chi connectivity index (χ1n) is 15.6. The van der Waals surface area contributed by atoms with E-state index < -0.39 is 16.1 Å². The van der Waals surface area contributed by atoms with Crippen molar-refractivity contribution in [2.24, 2.45) is 10.9 Å². The summed E-state index contributed by atoms with van der Waals surface area (Å²) in [6.45, 7) is 4.98. The molecule has 49 heavy (non-hydrogen) atoms. The number of amides is 2. The van der Waals surface area contributed by atoms with Crippen molar-refractivity contribution in [3.05, 3.63) is 92.9 Å². The van der Waals surface area contributed by atoms with Gasteiger partial charge in [0.1, 0.15) is 17.5 Å². The number of aryl methyl sites for hydroxylation is 2. The number of aromatic nitrogens is 2. The lowest BCUT2D eigenvalue weighted by Gasteiger charge is -2.37. The van der Waals surface area contributed by atoms with E-state index >= 15 is 0 Å². The second-order valence-electron chi connectivity index (χ2n) is 11.9. The quantitative estimate of drug-likeness (QED) is 0.119. The number of sulfonamides is 1. The minimum absolute atomic E-state index is 0.0634. The van der Waals surface area contributed by atoms with Gasteiger partial charge in [0.15, 0.2) is 17.2 Å². The minimum atomic E-state index is -4.21. The number of fused-ring (bicyclic) bond motifs is 1. The van der Waals surface area contributed by atoms with Gasteiger partial charge in [0.05, 0.1) is 10.7 Å². The van der Waals surface area contributed by atoms with Gasteiger partial charge in [-0.3, -0.25) is 9.59 Å². The van der Waals surface area contributed by atoms with Gasteiger partial charge >= 0.3 is 0 Å². The van der Waals surface area contributed by atoms with Crippen LogP contribution in [-0.2, 0) is 21.4 Å². The minimum Gasteiger partial charge on any atom is -0.485 e. The number of carbonyl (C=O) groups is 2. The number of imidazole rings is 1. The lowest BCUT2D eigenvalue weighted by atomic mass is 10.1. The zero-order valence-corrected chi connectivity index (χ0v) is 29.2. The van der Waals surface area contributed by atoms with E-state index in [-0.39, 0.29) is 71.9 Å². The molecular formula is C33H35Cl2N7O6S. The lowest BCUT2D eigenvalue weighted by Crippen LogP contribution is -2.55. The van der Waals surface area contributed by atoms with Crippen LogP contribution in [0.15, 0.2) is 64.8 Å². The van der Waals surface area contributed by atoms with Gasteiger partial charge in [-0.1, -0.05) is 40.5 Å². The molecule has 258 valence electrons. The molecule has 2 aliphatic heterocycles. The molecule has 4 aromatic rings. The Kier molecular flexibility index (Phi) is 9.76. The third-order valence-corrected chi connectivity index (χ3v) is 12.0. The van der Waals surface area contributed by atoms with Gasteiger partial charge in [0.25, 0.3) is 5.91 Å². The number of hydrogen-bond donors (Lipinski definition) is 2. The predicted molar refractivity (Wildman–Crippen MR) is 184 cm³/mol. The van der Waals surface area contributed by atoms with Crippen LogP contribution in [0, 0.1) is 13.8 Å². The third-order valence-electron chi connectivity index (χ3n) is 9.10. The van der Waals surface area contributed by atoms with E-state index in [2.05, 4.69) is 10.1 Å². The summed E-state index contributed by atoms with van der Waals surface area (Å²) >= 11 is 13.3. The number of piperazine rings is 1. The first-order valence-corrected chi connectivity index (χ1v) is 17.8. The van der Waals surface area contributed by atoms with Gasteiger partial charge < -0.3 is 29.9 Å². The molecule has 2 aromatic carbocycles. The molecule has 2 fully saturated rings. The lowest BCUT2D eigenvalue weighted by molar-refractivity contribution is -0.136. The van der Waals surface area contributed by atoms with Crippen molar-refractivity contribution >= 4 is 56.5 Å². The maximum absolute atomic E-state index is 14.1. The highest BCUT2D eigenvalue weighted by Crippen LogP contribution is 2.36. The number of nitrogens with two attached hydrogens (primary N) is 1. The van der Waals surface area contributed by atoms with Crippen molar-refractivity contribution < 1.29 is 28.0 Å². The summed E-state index contributed by atoms with van der Waals surface area (Å²) in [7, 11) is -4.21. The molecule has 6 rings (SSSR count). The number of carbonyl (C=O) groups excluding carboxylic acids is 2. The Balaban J connectivity index is 1.14. The zero-order chi connectivity index (χ0) is 35.0. The Morgan fingerprint density at radius 3 is 2.37 bits per heavy atom. The largest absolute Gasteiger partial charge is 0.485 e. The molecule has 2 aromatic heterocycles. The highest BCUT2D eigenvalue weighted by Gasteiger charge is 2.43. The Bertz CT molecular complexity index is 2060. The molecule has 2 amide bonds. The number of halogens is 2. The first kappa shape index (κ1) is 34.5. The van der Waals surface area contributed by atoms with Gasteiger partial charge in [-0.2, -0.15) is 4.31 Å². The summed E-state index contributed by atoms with van der Waals surface area (Å²) < 4.78 is 37.4. The average Bonchev–Trinajstić information content (AvgIpc) is 3.72. The third kappa shape index (κ3) is 6.53. The molecule has 0 unspecified atom stereocenters. The molecule has 0 radical (unpaired) electrons. The fourth-order valence-corrected chi connectivity index (χ4v) is 8.72. The van der Waals surface area contributed by atoms with Crippen LogP contribution in [0.3, 0.4) is 0 Å². The smallest absolute Gasteiger partial charge is 0.253 e. The predicted octanol–water partition coefficient (Wildman–Crippen LogP) is 4.07. The highest BCUT2D eigenvalue weighted by molar-refractivity contribution is 7.89. The first-order chi connectivity index (χ1) is 23.4. The summed E-state index contributed by atoms with van der Waals surface area (Å²) in [5, 5.41) is 12.0. The summed E-state index contributed by atoms with van der Waals surface area (Å²) in [5.41, 5.74) is 9.25. The van der Waals surface area contributed by atoms with E-state index in [1.807, 2.05) is 30.5 Å². The van der Waals surface area contributed by atoms with Crippen LogP contribution in [0.1, 0.15) is 45.7 Å². The summed E-state index contributed by atoms with van der Waals surface area (Å²) in [5.74, 6) is -0.107. The van der Waals surface area contributed by atoms with Crippen molar-refractivity contribution in [1.82, 2.24) is 23.5 Å². The fourth-order valence-electron chi connectivity index (χ4n) is 6.21. The van der Waals surface area contributed by atoms with Crippen molar-refractivity contribution in [3.63, 3.8) is 0 Å². The van der Waals surface area contributed by atoms with Crippen molar-refractivity contribution in [2.75, 3.05) is 32.7 Å². The van der Waals surface area contributed by atoms with Crippen LogP contribution in [0.4, 0.5) is 0 Å². The summed E-state index contributed by atoms with van der Waals surface area (Å²) in [4.78, 5) is 34.5. The van der Waals surface area contributed by atoms with Gasteiger partial charge in [-0.25, -0.2) is 13.4 Å². The molecule has 0 bridgehead atoms. The number of pyridine rings is 1. The van der Waals surface area contributed by atoms with E-state index in [0.717, 1.165) is 11.4 Å². The van der Waals surface area contributed by atoms with Crippen molar-refractivity contribution in [1.29, 1.82) is 0 Å². The average molecular weight is 729 g/mol. The van der Waals surface area contributed by atoms with Crippen LogP contribution in [0.25, 0.3) is 5.65 Å². The Labute approximate surface area is 293 Å². The van der Waals surface area contributed by atoms with Gasteiger partial charge in [0.2, 0.25) is 15.9 Å². The number of hydrogen-bond acceptors (Lipinski definition) is 8. The van der Waals surface area contributed by atoms with Crippen LogP contribution in [0.5, 0.6) is 5.75 Å². The number of benzene rings is 2. The van der Waals surface area contributed by atoms with Gasteiger partial charge in [-0.15, -0.1) is 0 Å². The second-order valence-corrected chi connectivity index (χ2v) is 14.6. The number of nitrogens with zero attached hydrogens (tertiary/aromatic N) is 6. The highest BCUT2D eigenvalue weighted by atomic mass is 35.5. The molecule has 4 heterocycles. The molecule has 2 saturated heterocycles. The SMILES string of the molecule is Cc1nc2c(OCc3c(Cl)ccc(S(=O)(=O)N4CCC[C@H]4C(=O)N4CCN(C(=O)c5ccc(C(N)=NO)cc5)CC4)c3Cl)cccn2c1C. The van der Waals surface area contributed by atoms with Crippen LogP contribution < -0.4 is 10.5 Å². The molecule has 2 aliphatic rings. The Morgan fingerprint density at radius 1 is 1.00 bits per heavy atom. The van der Waals surface area contributed by atoms with Crippen LogP contribution in [-0.4, -0.2) is 93.5 Å². The van der Waals surface area contributed by atoms with E-state index in [0.29, 0.717) is 40.9 Å². The molecule has 0 spiro atoms. The molecule has 16 heteroatoms. The van der Waals surface area contributed by atoms with Crippen molar-refractivity contribution in [3.8, 4) is 5.75 Å². The molecule has 13 nitrogen and oxygen atoms in total. The normalized spacial score (nSPS) is 17.6. The maximum Gasteiger partial charge on any atom is 0.253 e. The standard InChI is InChI=1S/C33H35Cl2N7O6S/c1-20-21(2)41-13-4-6-27(31(41)37-20)48-19-24-25(34)11-12-28(29(24)35)49(46,47)42-14-3-5-26(42)33(44)40-17-15-39(16-18-40)32(43)23-9-7-22(8-10-23)30(36)38-45/h4,6-13,26,45H,3,5,14-19H2,1-2H3,(H2,36,38)/t26-/m0/s1. The molecule has 3 N–H and O–H groups in total. The van der Waals surface area contributed by atoms with Crippen LogP contribution >= 0.6 is 23.2 Å². The maximum atomic E-state index is 14.1. The number of rotatable bonds is 8. The fraction of sp³-hybridized carbons (Fsp3) is 0.333. The van der Waals surface area contributed by atoms with Gasteiger partial charge in [-0.05, 0) is 63.1 Å². The van der Waals surface area contributed by atoms with E-state index in [1.165, 1.54) is 16.4 Å². The summed E-state index contributed by atoms with van der Waals surface area (Å²) in [6.07, 6.45) is 2.74. The molecule has 0 aliphatic carbocycles. The number of amidine groups is 1. The van der Waals surface area contributed by atoms with E-state index in [4.69, 9.17) is 38.9 Å². The van der Waals surface area contributed by atoms with Crippen LogP contribution in [0.2, 0.25) is 10.0 Å². The Hall–Kier alpha value is -4.37. The number of ether oxygens (including phenoxy) is 1. The van der Waals surface area contributed by atoms with E-state index in [9.17, 15) is 18.0 Å². The summed E-state index contributed by atoms with van der Waals surface area (Å²) in [6, 6.07) is 11.9. The molecule has 1 atom stereocenters. The molecular weight excluding hydrogens is 693 g/mol. The van der Waals surface area contributed by atoms with E-state index in [1.54, 1.807) is 40.1 Å². The Morgan fingerprint density at radius 2 is 1.67 bits per heavy atom. The number of oxime groups is 1. The van der Waals surface area contributed by atoms with Gasteiger partial charge in [0, 0.05) is 66.3 Å². The molecule has 0 saturated carbocycles. The monoisotopic (exact) mass is 727 g/mol. The van der Waals surface area contributed by atoms with Crippen molar-refractivity contribution in [2.45, 2.75) is 44.2 Å².